The summed E-state index contributed by atoms with van der Waals surface area (Å²) in [6.07, 6.45) is -4.25. The van der Waals surface area contributed by atoms with E-state index in [2.05, 4.69) is 15.5 Å². The summed E-state index contributed by atoms with van der Waals surface area (Å²) >= 11 is 5.86. The van der Waals surface area contributed by atoms with Gasteiger partial charge in [0, 0.05) is 17.1 Å². The Bertz CT molecular complexity index is 594. The number of halogens is 5. The van der Waals surface area contributed by atoms with Crippen molar-refractivity contribution >= 4 is 17.4 Å². The number of rotatable bonds is 4. The lowest BCUT2D eigenvalue weighted by Gasteiger charge is -2.08. The third kappa shape index (κ3) is 4.04. The summed E-state index contributed by atoms with van der Waals surface area (Å²) in [5, 5.41) is 9.55. The molecule has 112 valence electrons. The van der Waals surface area contributed by atoms with E-state index in [4.69, 9.17) is 11.6 Å². The van der Waals surface area contributed by atoms with Crippen molar-refractivity contribution in [2.45, 2.75) is 12.6 Å². The summed E-state index contributed by atoms with van der Waals surface area (Å²) in [5.41, 5.74) is -0.725. The summed E-state index contributed by atoms with van der Waals surface area (Å²) in [5.74, 6) is -0.252. The number of benzene rings is 1. The Hall–Kier alpha value is -1.89. The van der Waals surface area contributed by atoms with Gasteiger partial charge >= 0.3 is 6.18 Å². The molecule has 21 heavy (non-hydrogen) atoms. The molecule has 1 aromatic carbocycles. The van der Waals surface area contributed by atoms with Crippen LogP contribution in [0, 0.1) is 5.82 Å². The number of aromatic nitrogens is 2. The maximum atomic E-state index is 13.5. The lowest BCUT2D eigenvalue weighted by Crippen LogP contribution is -2.12. The van der Waals surface area contributed by atoms with E-state index in [1.807, 2.05) is 0 Å². The highest BCUT2D eigenvalue weighted by molar-refractivity contribution is 6.31. The van der Waals surface area contributed by atoms with Gasteiger partial charge in [0.15, 0.2) is 5.69 Å². The molecule has 0 aliphatic heterocycles. The molecule has 1 aromatic heterocycles. The van der Waals surface area contributed by atoms with Crippen molar-refractivity contribution < 1.29 is 17.6 Å². The number of nitrogens with zero attached hydrogens (tertiary/aromatic N) is 2. The fourth-order valence-corrected chi connectivity index (χ4v) is 1.92. The van der Waals surface area contributed by atoms with Gasteiger partial charge in [0.05, 0.1) is 0 Å². The molecule has 0 aliphatic carbocycles. The van der Waals surface area contributed by atoms with Crippen molar-refractivity contribution in [2.24, 2.45) is 0 Å². The second-order valence-corrected chi connectivity index (χ2v) is 4.59. The minimum absolute atomic E-state index is 0.176. The Labute approximate surface area is 123 Å². The molecule has 1 N–H and O–H groups in total. The van der Waals surface area contributed by atoms with Crippen LogP contribution in [0.1, 0.15) is 11.3 Å². The Morgan fingerprint density at radius 2 is 1.86 bits per heavy atom. The highest BCUT2D eigenvalue weighted by Gasteiger charge is 2.32. The van der Waals surface area contributed by atoms with Crippen LogP contribution in [0.25, 0.3) is 0 Å². The zero-order valence-corrected chi connectivity index (χ0v) is 11.3. The van der Waals surface area contributed by atoms with E-state index >= 15 is 0 Å². The van der Waals surface area contributed by atoms with Gasteiger partial charge in [-0.1, -0.05) is 17.7 Å². The lowest BCUT2D eigenvalue weighted by atomic mass is 10.1. The van der Waals surface area contributed by atoms with Crippen molar-refractivity contribution in [1.29, 1.82) is 0 Å². The molecule has 0 amide bonds. The second-order valence-electron chi connectivity index (χ2n) is 4.18. The summed E-state index contributed by atoms with van der Waals surface area (Å²) in [6.45, 7) is 0.265. The number of hydrogen-bond donors (Lipinski definition) is 1. The van der Waals surface area contributed by atoms with Gasteiger partial charge in [-0.05, 0) is 30.7 Å². The first-order valence-corrected chi connectivity index (χ1v) is 6.33. The maximum Gasteiger partial charge on any atom is 0.435 e. The van der Waals surface area contributed by atoms with Crippen LogP contribution in [-0.4, -0.2) is 16.7 Å². The smallest absolute Gasteiger partial charge is 0.368 e. The molecule has 0 bridgehead atoms. The average Bonchev–Trinajstić information content (AvgIpc) is 2.42. The van der Waals surface area contributed by atoms with Crippen molar-refractivity contribution in [3.8, 4) is 0 Å². The molecule has 0 saturated heterocycles. The monoisotopic (exact) mass is 319 g/mol. The Balaban J connectivity index is 1.95. The molecule has 0 spiro atoms. The summed E-state index contributed by atoms with van der Waals surface area (Å²) in [4.78, 5) is 0. The summed E-state index contributed by atoms with van der Waals surface area (Å²) in [6, 6.07) is 6.34. The second kappa shape index (κ2) is 6.26. The molecule has 3 nitrogen and oxygen atoms in total. The van der Waals surface area contributed by atoms with Crippen LogP contribution >= 0.6 is 11.6 Å². The maximum absolute atomic E-state index is 13.5. The van der Waals surface area contributed by atoms with Crippen LogP contribution in [0.5, 0.6) is 0 Å². The zero-order chi connectivity index (χ0) is 15.5. The molecule has 0 fully saturated rings. The Morgan fingerprint density at radius 1 is 1.10 bits per heavy atom. The average molecular weight is 320 g/mol. The molecule has 0 radical (unpaired) electrons. The van der Waals surface area contributed by atoms with E-state index in [1.54, 1.807) is 6.07 Å². The Kier molecular flexibility index (Phi) is 4.62. The Morgan fingerprint density at radius 3 is 2.43 bits per heavy atom. The topological polar surface area (TPSA) is 37.8 Å². The van der Waals surface area contributed by atoms with Gasteiger partial charge in [-0.2, -0.15) is 13.2 Å². The van der Waals surface area contributed by atoms with Crippen LogP contribution in [0.4, 0.5) is 23.4 Å². The molecular formula is C13H10ClF4N3. The molecule has 8 heteroatoms. The first kappa shape index (κ1) is 15.5. The van der Waals surface area contributed by atoms with Crippen LogP contribution in [0.2, 0.25) is 5.02 Å². The first-order chi connectivity index (χ1) is 9.88. The van der Waals surface area contributed by atoms with E-state index in [1.165, 1.54) is 18.2 Å². The third-order valence-corrected chi connectivity index (χ3v) is 3.05. The molecule has 0 unspecified atom stereocenters. The van der Waals surface area contributed by atoms with Crippen molar-refractivity contribution in [3.63, 3.8) is 0 Å². The van der Waals surface area contributed by atoms with Gasteiger partial charge in [0.1, 0.15) is 11.6 Å². The molecule has 0 aliphatic rings. The SMILES string of the molecule is Fc1cccc(Cl)c1CCNc1ccc(C(F)(F)F)nn1. The van der Waals surface area contributed by atoms with E-state index in [9.17, 15) is 17.6 Å². The third-order valence-electron chi connectivity index (χ3n) is 2.70. The van der Waals surface area contributed by atoms with Crippen LogP contribution in [0.3, 0.4) is 0 Å². The van der Waals surface area contributed by atoms with Crippen molar-refractivity contribution in [3.05, 3.63) is 52.4 Å². The van der Waals surface area contributed by atoms with Crippen LogP contribution in [-0.2, 0) is 12.6 Å². The molecule has 1 heterocycles. The fourth-order valence-electron chi connectivity index (χ4n) is 1.66. The van der Waals surface area contributed by atoms with Gasteiger partial charge in [-0.3, -0.25) is 0 Å². The van der Waals surface area contributed by atoms with Gasteiger partial charge in [0.25, 0.3) is 0 Å². The lowest BCUT2D eigenvalue weighted by molar-refractivity contribution is -0.141. The molecule has 2 rings (SSSR count). The van der Waals surface area contributed by atoms with E-state index < -0.39 is 17.7 Å². The van der Waals surface area contributed by atoms with Crippen molar-refractivity contribution in [2.75, 3.05) is 11.9 Å². The van der Waals surface area contributed by atoms with Crippen LogP contribution < -0.4 is 5.32 Å². The summed E-state index contributed by atoms with van der Waals surface area (Å²) in [7, 11) is 0. The fraction of sp³-hybridized carbons (Fsp3) is 0.231. The molecule has 0 atom stereocenters. The number of alkyl halides is 3. The predicted octanol–water partition coefficient (Wildman–Crippen LogP) is 3.94. The van der Waals surface area contributed by atoms with Gasteiger partial charge in [-0.15, -0.1) is 10.2 Å². The van der Waals surface area contributed by atoms with E-state index in [0.717, 1.165) is 6.07 Å². The first-order valence-electron chi connectivity index (χ1n) is 5.95. The van der Waals surface area contributed by atoms with Crippen LogP contribution in [0.15, 0.2) is 30.3 Å². The van der Waals surface area contributed by atoms with Gasteiger partial charge < -0.3 is 5.32 Å². The minimum Gasteiger partial charge on any atom is -0.368 e. The van der Waals surface area contributed by atoms with Gasteiger partial charge in [0.2, 0.25) is 0 Å². The number of nitrogens with one attached hydrogen (secondary N) is 1. The number of hydrogen-bond acceptors (Lipinski definition) is 3. The highest BCUT2D eigenvalue weighted by Crippen LogP contribution is 2.27. The molecule has 0 saturated carbocycles. The standard InChI is InChI=1S/C13H10ClF4N3/c14-9-2-1-3-10(15)8(9)6-7-19-12-5-4-11(20-21-12)13(16,17)18/h1-5H,6-7H2,(H,19,21). The van der Waals surface area contributed by atoms with Gasteiger partial charge in [-0.25, -0.2) is 4.39 Å². The minimum atomic E-state index is -4.52. The molecular weight excluding hydrogens is 310 g/mol. The van der Waals surface area contributed by atoms with E-state index in [-0.39, 0.29) is 18.8 Å². The largest absolute Gasteiger partial charge is 0.435 e. The quantitative estimate of drug-likeness (QED) is 0.867. The zero-order valence-electron chi connectivity index (χ0n) is 10.6. The van der Waals surface area contributed by atoms with Crippen molar-refractivity contribution in [1.82, 2.24) is 10.2 Å². The normalized spacial score (nSPS) is 11.5. The van der Waals surface area contributed by atoms with E-state index in [0.29, 0.717) is 10.6 Å². The molecule has 2 aromatic rings. The predicted molar refractivity (Wildman–Crippen MR) is 70.6 cm³/mol. The highest BCUT2D eigenvalue weighted by atomic mass is 35.5. The summed E-state index contributed by atoms with van der Waals surface area (Å²) < 4.78 is 50.4. The number of anilines is 1.